The second-order valence-electron chi connectivity index (χ2n) is 14.1. The van der Waals surface area contributed by atoms with Gasteiger partial charge in [0, 0.05) is 69.5 Å². The molecule has 3 rings (SSSR count). The van der Waals surface area contributed by atoms with Crippen molar-refractivity contribution in [3.63, 3.8) is 0 Å². The highest BCUT2D eigenvalue weighted by atomic mass is 32.1. The fraction of sp³-hybridized carbons (Fsp3) is 0.676. The van der Waals surface area contributed by atoms with Gasteiger partial charge in [-0.15, -0.1) is 11.3 Å². The van der Waals surface area contributed by atoms with Crippen molar-refractivity contribution in [2.75, 3.05) is 20.6 Å². The summed E-state index contributed by atoms with van der Waals surface area (Å²) in [5.74, 6) is -1.48. The standard InChI is InChI=1S/C30H43N5O6S.C7H16N2O/c1-17(2)24(35(6)27(37)10-9-21-7-8-21)13-25(41-20(5)36)29-34-23(16-42-29)28(38)33-22(11-19(4)30(39)40)12-26-31-14-18(3)15-32-26;1-9-6-4-2-3-5-7(8)10/h14-17,19,21-22,24-25H,7-13H2,1-6H3,(H,33,38)(H,39,40);9H,2-6H2,1H3,(H2,8,10). The monoisotopic (exact) mass is 745 g/mol. The number of amides is 3. The predicted octanol–water partition coefficient (Wildman–Crippen LogP) is 4.61. The fourth-order valence-corrected chi connectivity index (χ4v) is 6.47. The molecule has 1 aliphatic carbocycles. The Labute approximate surface area is 312 Å². The van der Waals surface area contributed by atoms with E-state index in [2.05, 4.69) is 25.6 Å². The smallest absolute Gasteiger partial charge is 0.306 e. The van der Waals surface area contributed by atoms with Crippen molar-refractivity contribution in [3.8, 4) is 0 Å². The summed E-state index contributed by atoms with van der Waals surface area (Å²) in [4.78, 5) is 74.9. The van der Waals surface area contributed by atoms with Crippen LogP contribution in [-0.4, -0.2) is 87.3 Å². The normalized spacial score (nSPS) is 14.7. The number of nitrogens with one attached hydrogen (secondary N) is 2. The molecular formula is C37H59N7O7S. The van der Waals surface area contributed by atoms with Gasteiger partial charge in [0.2, 0.25) is 11.8 Å². The van der Waals surface area contributed by atoms with E-state index in [1.807, 2.05) is 27.8 Å². The largest absolute Gasteiger partial charge is 0.481 e. The van der Waals surface area contributed by atoms with Crippen LogP contribution in [-0.2, 0) is 30.3 Å². The lowest BCUT2D eigenvalue weighted by atomic mass is 9.96. The molecule has 1 aliphatic rings. The van der Waals surface area contributed by atoms with E-state index in [1.54, 1.807) is 36.6 Å². The third-order valence-electron chi connectivity index (χ3n) is 8.93. The maximum atomic E-state index is 13.3. The summed E-state index contributed by atoms with van der Waals surface area (Å²) in [6.45, 7) is 9.85. The van der Waals surface area contributed by atoms with E-state index in [0.29, 0.717) is 36.0 Å². The van der Waals surface area contributed by atoms with Gasteiger partial charge in [-0.2, -0.15) is 0 Å². The lowest BCUT2D eigenvalue weighted by Gasteiger charge is -2.33. The molecule has 0 bridgehead atoms. The first-order valence-corrected chi connectivity index (χ1v) is 19.1. The van der Waals surface area contributed by atoms with Crippen molar-refractivity contribution in [2.24, 2.45) is 23.5 Å². The minimum Gasteiger partial charge on any atom is -0.481 e. The van der Waals surface area contributed by atoms with Crippen molar-refractivity contribution in [1.29, 1.82) is 0 Å². The molecule has 290 valence electrons. The zero-order chi connectivity index (χ0) is 38.8. The second kappa shape index (κ2) is 22.8. The number of nitrogens with two attached hydrogens (primary N) is 1. The number of primary amides is 1. The molecule has 2 aromatic rings. The summed E-state index contributed by atoms with van der Waals surface area (Å²) in [6, 6.07) is -0.736. The fourth-order valence-electron chi connectivity index (χ4n) is 5.63. The van der Waals surface area contributed by atoms with Gasteiger partial charge in [-0.3, -0.25) is 24.0 Å². The second-order valence-corrected chi connectivity index (χ2v) is 15.0. The van der Waals surface area contributed by atoms with Gasteiger partial charge in [0.25, 0.3) is 5.91 Å². The quantitative estimate of drug-likeness (QED) is 0.0967. The van der Waals surface area contributed by atoms with E-state index in [-0.39, 0.29) is 42.3 Å². The molecule has 52 heavy (non-hydrogen) atoms. The Bertz CT molecular complexity index is 1430. The first-order valence-electron chi connectivity index (χ1n) is 18.2. The summed E-state index contributed by atoms with van der Waals surface area (Å²) in [6.07, 6.45) is 10.9. The van der Waals surface area contributed by atoms with Crippen LogP contribution in [0.1, 0.15) is 125 Å². The van der Waals surface area contributed by atoms with Crippen molar-refractivity contribution < 1.29 is 33.8 Å². The third kappa shape index (κ3) is 17.0. The number of ether oxygens (including phenoxy) is 1. The maximum absolute atomic E-state index is 13.3. The molecule has 1 saturated carbocycles. The predicted molar refractivity (Wildman–Crippen MR) is 199 cm³/mol. The number of hydrogen-bond donors (Lipinski definition) is 4. The molecule has 2 heterocycles. The van der Waals surface area contributed by atoms with E-state index in [9.17, 15) is 29.1 Å². The number of hydrogen-bond acceptors (Lipinski definition) is 11. The average molecular weight is 746 g/mol. The van der Waals surface area contributed by atoms with Crippen LogP contribution in [0.25, 0.3) is 0 Å². The molecule has 2 aromatic heterocycles. The summed E-state index contributed by atoms with van der Waals surface area (Å²) in [5.41, 5.74) is 5.98. The Hall–Kier alpha value is -3.98. The molecule has 0 spiro atoms. The molecule has 3 amide bonds. The minimum absolute atomic E-state index is 0.0700. The van der Waals surface area contributed by atoms with Gasteiger partial charge in [0.15, 0.2) is 6.10 Å². The number of unbranched alkanes of at least 4 members (excludes halogenated alkanes) is 2. The highest BCUT2D eigenvalue weighted by molar-refractivity contribution is 7.09. The summed E-state index contributed by atoms with van der Waals surface area (Å²) < 4.78 is 5.65. The van der Waals surface area contributed by atoms with Gasteiger partial charge in [-0.05, 0) is 63.6 Å². The number of nitrogens with zero attached hydrogens (tertiary/aromatic N) is 4. The Morgan fingerprint density at radius 3 is 2.29 bits per heavy atom. The zero-order valence-electron chi connectivity index (χ0n) is 31.9. The molecule has 4 unspecified atom stereocenters. The molecular weight excluding hydrogens is 687 g/mol. The number of thiazole rings is 1. The molecule has 0 aromatic carbocycles. The lowest BCUT2D eigenvalue weighted by molar-refractivity contribution is -0.148. The maximum Gasteiger partial charge on any atom is 0.306 e. The summed E-state index contributed by atoms with van der Waals surface area (Å²) in [7, 11) is 3.72. The van der Waals surface area contributed by atoms with E-state index in [0.717, 1.165) is 37.8 Å². The van der Waals surface area contributed by atoms with E-state index in [4.69, 9.17) is 10.5 Å². The van der Waals surface area contributed by atoms with E-state index >= 15 is 0 Å². The SMILES string of the molecule is CC(=O)OC(CC(C(C)C)N(C)C(=O)CCC1CC1)c1nc(C(=O)NC(Cc2ncc(C)cn2)CC(C)C(=O)O)cs1.CNCCCCCC(N)=O. The van der Waals surface area contributed by atoms with Crippen molar-refractivity contribution >= 4 is 41.0 Å². The van der Waals surface area contributed by atoms with Gasteiger partial charge >= 0.3 is 11.9 Å². The number of rotatable bonds is 22. The number of carboxylic acid groups (broad SMARTS) is 1. The average Bonchev–Trinajstić information content (AvgIpc) is 3.78. The van der Waals surface area contributed by atoms with Crippen LogP contribution < -0.4 is 16.4 Å². The molecule has 5 N–H and O–H groups in total. The Balaban J connectivity index is 0.000000815. The first kappa shape index (κ1) is 44.2. The molecule has 15 heteroatoms. The number of aryl methyl sites for hydroxylation is 1. The van der Waals surface area contributed by atoms with Crippen LogP contribution in [0.3, 0.4) is 0 Å². The third-order valence-corrected chi connectivity index (χ3v) is 9.86. The van der Waals surface area contributed by atoms with Gasteiger partial charge in [0.05, 0.1) is 5.92 Å². The molecule has 0 radical (unpaired) electrons. The minimum atomic E-state index is -0.963. The van der Waals surface area contributed by atoms with Crippen LogP contribution in [0.2, 0.25) is 0 Å². The zero-order valence-corrected chi connectivity index (χ0v) is 32.7. The van der Waals surface area contributed by atoms with Gasteiger partial charge in [-0.25, -0.2) is 15.0 Å². The molecule has 0 aliphatic heterocycles. The van der Waals surface area contributed by atoms with Crippen molar-refractivity contribution in [2.45, 2.75) is 123 Å². The van der Waals surface area contributed by atoms with Crippen LogP contribution in [0.15, 0.2) is 17.8 Å². The van der Waals surface area contributed by atoms with Crippen LogP contribution in [0.4, 0.5) is 0 Å². The van der Waals surface area contributed by atoms with Crippen molar-refractivity contribution in [1.82, 2.24) is 30.5 Å². The molecule has 0 saturated heterocycles. The van der Waals surface area contributed by atoms with Crippen molar-refractivity contribution in [3.05, 3.63) is 39.9 Å². The highest BCUT2D eigenvalue weighted by Gasteiger charge is 2.32. The summed E-state index contributed by atoms with van der Waals surface area (Å²) >= 11 is 1.20. The number of carboxylic acids is 1. The van der Waals surface area contributed by atoms with Crippen LogP contribution >= 0.6 is 11.3 Å². The molecule has 4 atom stereocenters. The van der Waals surface area contributed by atoms with Crippen LogP contribution in [0, 0.1) is 24.7 Å². The first-order chi connectivity index (χ1) is 24.6. The number of esters is 1. The Morgan fingerprint density at radius 2 is 1.73 bits per heavy atom. The number of aliphatic carboxylic acids is 1. The van der Waals surface area contributed by atoms with Crippen LogP contribution in [0.5, 0.6) is 0 Å². The topological polar surface area (TPSA) is 207 Å². The molecule has 14 nitrogen and oxygen atoms in total. The van der Waals surface area contributed by atoms with E-state index < -0.39 is 35.9 Å². The van der Waals surface area contributed by atoms with Gasteiger partial charge < -0.3 is 31.1 Å². The van der Waals surface area contributed by atoms with E-state index in [1.165, 1.54) is 31.1 Å². The van der Waals surface area contributed by atoms with Gasteiger partial charge in [0.1, 0.15) is 16.5 Å². The molecule has 1 fully saturated rings. The van der Waals surface area contributed by atoms with Gasteiger partial charge in [-0.1, -0.05) is 40.0 Å². The Kier molecular flexibility index (Phi) is 19.4. The lowest BCUT2D eigenvalue weighted by Crippen LogP contribution is -2.41. The summed E-state index contributed by atoms with van der Waals surface area (Å²) in [5, 5.41) is 17.4. The number of carbonyl (C=O) groups is 5. The highest BCUT2D eigenvalue weighted by Crippen LogP contribution is 2.34. The Morgan fingerprint density at radius 1 is 1.06 bits per heavy atom. The number of aromatic nitrogens is 3. The number of carbonyl (C=O) groups excluding carboxylic acids is 4.